The summed E-state index contributed by atoms with van der Waals surface area (Å²) in [6.07, 6.45) is 0.572. The molecule has 1 aliphatic heterocycles. The van der Waals surface area contributed by atoms with Crippen LogP contribution in [0.4, 0.5) is 4.79 Å². The topological polar surface area (TPSA) is 58.2 Å². The van der Waals surface area contributed by atoms with E-state index in [0.717, 1.165) is 17.8 Å². The minimum atomic E-state index is -0.460. The number of carbonyl (C=O) groups is 1. The van der Waals surface area contributed by atoms with Gasteiger partial charge < -0.3 is 4.74 Å². The SMILES string of the molecule is Cc1[nH]nc2c1CCN(C(=O)OC(C)(C)C)C2C. The monoisotopic (exact) mass is 251 g/mol. The maximum absolute atomic E-state index is 12.1. The van der Waals surface area contributed by atoms with Crippen molar-refractivity contribution < 1.29 is 9.53 Å². The van der Waals surface area contributed by atoms with Crippen LogP contribution in [0.5, 0.6) is 0 Å². The second-order valence-corrected chi connectivity index (χ2v) is 5.81. The van der Waals surface area contributed by atoms with Crippen LogP contribution < -0.4 is 0 Å². The lowest BCUT2D eigenvalue weighted by molar-refractivity contribution is 0.0156. The zero-order chi connectivity index (χ0) is 13.5. The van der Waals surface area contributed by atoms with E-state index in [1.54, 1.807) is 4.90 Å². The summed E-state index contributed by atoms with van der Waals surface area (Å²) in [5.74, 6) is 0. The van der Waals surface area contributed by atoms with Crippen molar-refractivity contribution in [2.45, 2.75) is 52.7 Å². The average Bonchev–Trinajstić information content (AvgIpc) is 2.59. The van der Waals surface area contributed by atoms with E-state index in [1.807, 2.05) is 34.6 Å². The zero-order valence-corrected chi connectivity index (χ0v) is 11.7. The number of rotatable bonds is 0. The van der Waals surface area contributed by atoms with Gasteiger partial charge in [0.1, 0.15) is 5.60 Å². The number of ether oxygens (including phenoxy) is 1. The molecule has 0 spiro atoms. The van der Waals surface area contributed by atoms with Crippen LogP contribution >= 0.6 is 0 Å². The minimum Gasteiger partial charge on any atom is -0.444 e. The van der Waals surface area contributed by atoms with Crippen molar-refractivity contribution in [3.63, 3.8) is 0 Å². The number of aromatic nitrogens is 2. The van der Waals surface area contributed by atoms with Gasteiger partial charge in [0.25, 0.3) is 0 Å². The quantitative estimate of drug-likeness (QED) is 0.771. The fraction of sp³-hybridized carbons (Fsp3) is 0.692. The van der Waals surface area contributed by atoms with Gasteiger partial charge in [-0.2, -0.15) is 5.10 Å². The number of aromatic amines is 1. The van der Waals surface area contributed by atoms with E-state index < -0.39 is 5.60 Å². The Labute approximate surface area is 108 Å². The molecule has 1 aliphatic rings. The highest BCUT2D eigenvalue weighted by Crippen LogP contribution is 2.30. The molecular formula is C13H21N3O2. The molecule has 2 rings (SSSR count). The van der Waals surface area contributed by atoms with Crippen LogP contribution in [0.1, 0.15) is 50.7 Å². The van der Waals surface area contributed by atoms with Gasteiger partial charge >= 0.3 is 6.09 Å². The van der Waals surface area contributed by atoms with Crippen LogP contribution in [0.25, 0.3) is 0 Å². The van der Waals surface area contributed by atoms with Crippen LogP contribution in [0.2, 0.25) is 0 Å². The first-order valence-corrected chi connectivity index (χ1v) is 6.33. The molecule has 0 aliphatic carbocycles. The van der Waals surface area contributed by atoms with Crippen molar-refractivity contribution in [1.29, 1.82) is 0 Å². The molecule has 1 aromatic heterocycles. The molecular weight excluding hydrogens is 230 g/mol. The Morgan fingerprint density at radius 3 is 2.78 bits per heavy atom. The van der Waals surface area contributed by atoms with Gasteiger partial charge in [0.15, 0.2) is 0 Å². The molecule has 2 heterocycles. The van der Waals surface area contributed by atoms with E-state index >= 15 is 0 Å². The Balaban J connectivity index is 2.17. The van der Waals surface area contributed by atoms with Crippen LogP contribution in [0, 0.1) is 6.92 Å². The van der Waals surface area contributed by atoms with Gasteiger partial charge in [-0.1, -0.05) is 0 Å². The lowest BCUT2D eigenvalue weighted by Crippen LogP contribution is -2.42. The number of nitrogens with zero attached hydrogens (tertiary/aromatic N) is 2. The van der Waals surface area contributed by atoms with Crippen LogP contribution in [0.3, 0.4) is 0 Å². The van der Waals surface area contributed by atoms with Gasteiger partial charge in [-0.15, -0.1) is 0 Å². The Kier molecular flexibility index (Phi) is 3.09. The largest absolute Gasteiger partial charge is 0.444 e. The summed E-state index contributed by atoms with van der Waals surface area (Å²) >= 11 is 0. The summed E-state index contributed by atoms with van der Waals surface area (Å²) in [5, 5.41) is 7.28. The standard InChI is InChI=1S/C13H21N3O2/c1-8-10-6-7-16(9(2)11(10)15-14-8)12(17)18-13(3,4)5/h9H,6-7H2,1-5H3,(H,14,15). The summed E-state index contributed by atoms with van der Waals surface area (Å²) in [6.45, 7) is 10.3. The number of fused-ring (bicyclic) bond motifs is 1. The fourth-order valence-electron chi connectivity index (χ4n) is 2.28. The predicted octanol–water partition coefficient (Wildman–Crippen LogP) is 2.57. The predicted molar refractivity (Wildman–Crippen MR) is 68.4 cm³/mol. The van der Waals surface area contributed by atoms with E-state index in [2.05, 4.69) is 10.2 Å². The van der Waals surface area contributed by atoms with Crippen molar-refractivity contribution in [1.82, 2.24) is 15.1 Å². The number of hydrogen-bond donors (Lipinski definition) is 1. The van der Waals surface area contributed by atoms with E-state index in [4.69, 9.17) is 4.74 Å². The smallest absolute Gasteiger partial charge is 0.410 e. The third kappa shape index (κ3) is 2.35. The summed E-state index contributed by atoms with van der Waals surface area (Å²) in [4.78, 5) is 13.9. The highest BCUT2D eigenvalue weighted by molar-refractivity contribution is 5.69. The average molecular weight is 251 g/mol. The Bertz CT molecular complexity index is 459. The highest BCUT2D eigenvalue weighted by atomic mass is 16.6. The molecule has 0 radical (unpaired) electrons. The summed E-state index contributed by atoms with van der Waals surface area (Å²) < 4.78 is 5.42. The number of H-pyrrole nitrogens is 1. The molecule has 1 unspecified atom stereocenters. The van der Waals surface area contributed by atoms with Gasteiger partial charge in [-0.25, -0.2) is 4.79 Å². The van der Waals surface area contributed by atoms with Crippen LogP contribution in [-0.4, -0.2) is 33.3 Å². The molecule has 5 heteroatoms. The van der Waals surface area contributed by atoms with E-state index in [1.165, 1.54) is 5.56 Å². The first-order chi connectivity index (χ1) is 8.29. The van der Waals surface area contributed by atoms with E-state index in [9.17, 15) is 4.79 Å². The van der Waals surface area contributed by atoms with Gasteiger partial charge in [-0.3, -0.25) is 10.00 Å². The minimum absolute atomic E-state index is 0.0338. The van der Waals surface area contributed by atoms with Crippen molar-refractivity contribution in [3.05, 3.63) is 17.0 Å². The van der Waals surface area contributed by atoms with E-state index in [0.29, 0.717) is 6.54 Å². The van der Waals surface area contributed by atoms with Crippen LogP contribution in [-0.2, 0) is 11.2 Å². The Hall–Kier alpha value is -1.52. The van der Waals surface area contributed by atoms with Crippen molar-refractivity contribution >= 4 is 6.09 Å². The molecule has 0 bridgehead atoms. The molecule has 5 nitrogen and oxygen atoms in total. The van der Waals surface area contributed by atoms with Crippen LogP contribution in [0.15, 0.2) is 0 Å². The van der Waals surface area contributed by atoms with E-state index in [-0.39, 0.29) is 12.1 Å². The fourth-order valence-corrected chi connectivity index (χ4v) is 2.28. The summed E-state index contributed by atoms with van der Waals surface area (Å²) in [7, 11) is 0. The molecule has 1 N–H and O–H groups in total. The van der Waals surface area contributed by atoms with Gasteiger partial charge in [0.2, 0.25) is 0 Å². The number of amides is 1. The number of nitrogens with one attached hydrogen (secondary N) is 1. The second-order valence-electron chi connectivity index (χ2n) is 5.81. The van der Waals surface area contributed by atoms with Gasteiger partial charge in [-0.05, 0) is 46.6 Å². The number of hydrogen-bond acceptors (Lipinski definition) is 3. The maximum Gasteiger partial charge on any atom is 0.410 e. The van der Waals surface area contributed by atoms with Gasteiger partial charge in [0.05, 0.1) is 11.7 Å². The summed E-state index contributed by atoms with van der Waals surface area (Å²) in [5.41, 5.74) is 2.84. The normalized spacial score (nSPS) is 19.6. The zero-order valence-electron chi connectivity index (χ0n) is 11.7. The Morgan fingerprint density at radius 1 is 1.50 bits per heavy atom. The molecule has 1 aromatic rings. The maximum atomic E-state index is 12.1. The first kappa shape index (κ1) is 12.9. The van der Waals surface area contributed by atoms with Crippen molar-refractivity contribution in [2.24, 2.45) is 0 Å². The number of carbonyl (C=O) groups excluding carboxylic acids is 1. The molecule has 100 valence electrons. The summed E-state index contributed by atoms with van der Waals surface area (Å²) in [6, 6.07) is -0.0338. The molecule has 1 amide bonds. The van der Waals surface area contributed by atoms with Crippen molar-refractivity contribution in [3.8, 4) is 0 Å². The molecule has 0 saturated heterocycles. The lowest BCUT2D eigenvalue weighted by atomic mass is 9.99. The molecule has 18 heavy (non-hydrogen) atoms. The molecule has 0 fully saturated rings. The third-order valence-electron chi connectivity index (χ3n) is 3.20. The molecule has 0 saturated carbocycles. The Morgan fingerprint density at radius 2 is 2.17 bits per heavy atom. The first-order valence-electron chi connectivity index (χ1n) is 6.33. The third-order valence-corrected chi connectivity index (χ3v) is 3.20. The number of aryl methyl sites for hydroxylation is 1. The highest BCUT2D eigenvalue weighted by Gasteiger charge is 2.33. The van der Waals surface area contributed by atoms with Gasteiger partial charge in [0, 0.05) is 12.2 Å². The van der Waals surface area contributed by atoms with Crippen molar-refractivity contribution in [2.75, 3.05) is 6.54 Å². The second kappa shape index (κ2) is 4.30. The molecule has 1 atom stereocenters. The lowest BCUT2D eigenvalue weighted by Gasteiger charge is -2.34. The molecule has 0 aromatic carbocycles.